The Kier molecular flexibility index (Phi) is 4.28. The van der Waals surface area contributed by atoms with Crippen molar-refractivity contribution in [3.8, 4) is 0 Å². The summed E-state index contributed by atoms with van der Waals surface area (Å²) in [6.07, 6.45) is 4.00. The van der Waals surface area contributed by atoms with E-state index in [2.05, 4.69) is 21.9 Å². The molecule has 29 heavy (non-hydrogen) atoms. The standard InChI is InChI=1S/C22H21N3O3S/c1-11-7-8-14-17(9-11)29-21-18(14)20(26)24-19(25-21)12(2)28-22(27)15-10-23-16-6-4-3-5-13(15)16/h3-6,10-12,23H,7-9H2,1-2H3,(H,24,25,26)/t11-,12-/m1/s1. The van der Waals surface area contributed by atoms with Crippen molar-refractivity contribution in [3.05, 3.63) is 62.6 Å². The summed E-state index contributed by atoms with van der Waals surface area (Å²) >= 11 is 1.59. The van der Waals surface area contributed by atoms with Gasteiger partial charge in [-0.05, 0) is 43.7 Å². The molecule has 0 amide bonds. The van der Waals surface area contributed by atoms with Crippen LogP contribution in [0, 0.1) is 5.92 Å². The van der Waals surface area contributed by atoms with Gasteiger partial charge in [-0.1, -0.05) is 25.1 Å². The molecule has 1 aliphatic rings. The number of aromatic amines is 2. The molecule has 148 valence electrons. The van der Waals surface area contributed by atoms with E-state index in [0.29, 0.717) is 22.7 Å². The first kappa shape index (κ1) is 18.1. The lowest BCUT2D eigenvalue weighted by atomic mass is 9.89. The number of aromatic nitrogens is 3. The molecule has 5 rings (SSSR count). The van der Waals surface area contributed by atoms with Gasteiger partial charge in [0.15, 0.2) is 11.9 Å². The summed E-state index contributed by atoms with van der Waals surface area (Å²) in [4.78, 5) is 38.0. The van der Waals surface area contributed by atoms with Crippen molar-refractivity contribution in [2.24, 2.45) is 5.92 Å². The molecular formula is C22H21N3O3S. The highest BCUT2D eigenvalue weighted by atomic mass is 32.1. The Bertz CT molecular complexity index is 1300. The summed E-state index contributed by atoms with van der Waals surface area (Å²) in [6, 6.07) is 7.56. The molecule has 0 bridgehead atoms. The number of esters is 1. The molecule has 6 nitrogen and oxygen atoms in total. The molecule has 3 aromatic heterocycles. The van der Waals surface area contributed by atoms with Crippen molar-refractivity contribution in [1.82, 2.24) is 15.0 Å². The predicted octanol–water partition coefficient (Wildman–Crippen LogP) is 4.51. The van der Waals surface area contributed by atoms with Gasteiger partial charge >= 0.3 is 5.97 Å². The van der Waals surface area contributed by atoms with Gasteiger partial charge < -0.3 is 14.7 Å². The van der Waals surface area contributed by atoms with Crippen LogP contribution in [0.2, 0.25) is 0 Å². The van der Waals surface area contributed by atoms with Crippen LogP contribution in [-0.2, 0) is 17.6 Å². The zero-order valence-electron chi connectivity index (χ0n) is 16.2. The largest absolute Gasteiger partial charge is 0.451 e. The van der Waals surface area contributed by atoms with Crippen molar-refractivity contribution in [2.75, 3.05) is 0 Å². The summed E-state index contributed by atoms with van der Waals surface area (Å²) < 4.78 is 5.62. The van der Waals surface area contributed by atoms with Gasteiger partial charge in [-0.25, -0.2) is 9.78 Å². The fourth-order valence-electron chi connectivity index (χ4n) is 4.08. The maximum absolute atomic E-state index is 12.8. The van der Waals surface area contributed by atoms with Crippen LogP contribution in [0.1, 0.15) is 53.0 Å². The van der Waals surface area contributed by atoms with E-state index >= 15 is 0 Å². The van der Waals surface area contributed by atoms with E-state index in [-0.39, 0.29) is 5.56 Å². The molecule has 0 spiro atoms. The van der Waals surface area contributed by atoms with Gasteiger partial charge in [0, 0.05) is 22.0 Å². The number of hydrogen-bond acceptors (Lipinski definition) is 5. The molecule has 0 fully saturated rings. The molecule has 0 saturated carbocycles. The average Bonchev–Trinajstić information content (AvgIpc) is 3.28. The molecule has 0 unspecified atom stereocenters. The van der Waals surface area contributed by atoms with Crippen molar-refractivity contribution in [1.29, 1.82) is 0 Å². The van der Waals surface area contributed by atoms with Gasteiger partial charge in [-0.15, -0.1) is 11.3 Å². The van der Waals surface area contributed by atoms with Gasteiger partial charge in [0.1, 0.15) is 4.83 Å². The highest BCUT2D eigenvalue weighted by Gasteiger charge is 2.25. The minimum atomic E-state index is -0.661. The molecular weight excluding hydrogens is 386 g/mol. The van der Waals surface area contributed by atoms with Gasteiger partial charge in [-0.2, -0.15) is 0 Å². The first-order valence-electron chi connectivity index (χ1n) is 9.83. The van der Waals surface area contributed by atoms with E-state index < -0.39 is 12.1 Å². The van der Waals surface area contributed by atoms with Gasteiger partial charge in [0.25, 0.3) is 5.56 Å². The van der Waals surface area contributed by atoms with Crippen molar-refractivity contribution in [3.63, 3.8) is 0 Å². The minimum absolute atomic E-state index is 0.146. The van der Waals surface area contributed by atoms with Crippen LogP contribution in [0.15, 0.2) is 35.3 Å². The number of hydrogen-bond donors (Lipinski definition) is 2. The van der Waals surface area contributed by atoms with Crippen LogP contribution < -0.4 is 5.56 Å². The number of H-pyrrole nitrogens is 2. The summed E-state index contributed by atoms with van der Waals surface area (Å²) in [5, 5.41) is 1.51. The van der Waals surface area contributed by atoms with Crippen LogP contribution in [-0.4, -0.2) is 20.9 Å². The maximum Gasteiger partial charge on any atom is 0.341 e. The van der Waals surface area contributed by atoms with Crippen LogP contribution in [0.25, 0.3) is 21.1 Å². The Balaban J connectivity index is 1.46. The number of aryl methyl sites for hydroxylation is 1. The van der Waals surface area contributed by atoms with E-state index in [1.165, 1.54) is 4.88 Å². The second-order valence-electron chi connectivity index (χ2n) is 7.78. The fraction of sp³-hybridized carbons (Fsp3) is 0.318. The Hall–Kier alpha value is -2.93. The Morgan fingerprint density at radius 1 is 1.34 bits per heavy atom. The summed E-state index contributed by atoms with van der Waals surface area (Å²) in [5.74, 6) is 0.560. The Morgan fingerprint density at radius 2 is 2.17 bits per heavy atom. The molecule has 7 heteroatoms. The van der Waals surface area contributed by atoms with Crippen molar-refractivity contribution in [2.45, 2.75) is 39.2 Å². The molecule has 0 aliphatic heterocycles. The number of nitrogens with zero attached hydrogens (tertiary/aromatic N) is 1. The molecule has 2 N–H and O–H groups in total. The quantitative estimate of drug-likeness (QED) is 0.489. The second kappa shape index (κ2) is 6.84. The zero-order chi connectivity index (χ0) is 20.1. The smallest absolute Gasteiger partial charge is 0.341 e. The summed E-state index contributed by atoms with van der Waals surface area (Å²) in [6.45, 7) is 3.97. The molecule has 0 radical (unpaired) electrons. The Labute approximate surface area is 170 Å². The lowest BCUT2D eigenvalue weighted by Gasteiger charge is -2.17. The monoisotopic (exact) mass is 407 g/mol. The third-order valence-electron chi connectivity index (χ3n) is 5.66. The lowest BCUT2D eigenvalue weighted by molar-refractivity contribution is 0.0322. The van der Waals surface area contributed by atoms with Crippen molar-refractivity contribution < 1.29 is 9.53 Å². The third kappa shape index (κ3) is 3.06. The molecule has 1 aromatic carbocycles. The van der Waals surface area contributed by atoms with E-state index in [9.17, 15) is 9.59 Å². The van der Waals surface area contributed by atoms with Gasteiger partial charge in [-0.3, -0.25) is 4.79 Å². The lowest BCUT2D eigenvalue weighted by Crippen LogP contribution is -2.18. The van der Waals surface area contributed by atoms with Crippen LogP contribution >= 0.6 is 11.3 Å². The first-order valence-corrected chi connectivity index (χ1v) is 10.6. The number of para-hydroxylation sites is 1. The number of carbonyl (C=O) groups is 1. The van der Waals surface area contributed by atoms with E-state index in [0.717, 1.165) is 40.6 Å². The molecule has 2 atom stereocenters. The van der Waals surface area contributed by atoms with Gasteiger partial charge in [0.05, 0.1) is 10.9 Å². The number of rotatable bonds is 3. The number of fused-ring (bicyclic) bond motifs is 4. The van der Waals surface area contributed by atoms with Crippen LogP contribution in [0.3, 0.4) is 0 Å². The third-order valence-corrected chi connectivity index (χ3v) is 6.81. The van der Waals surface area contributed by atoms with E-state index in [1.807, 2.05) is 24.3 Å². The molecule has 4 aromatic rings. The number of benzene rings is 1. The summed E-state index contributed by atoms with van der Waals surface area (Å²) in [5.41, 5.74) is 2.34. The second-order valence-corrected chi connectivity index (χ2v) is 8.86. The minimum Gasteiger partial charge on any atom is -0.451 e. The molecule has 1 aliphatic carbocycles. The number of nitrogens with one attached hydrogen (secondary N) is 2. The number of carbonyl (C=O) groups excluding carboxylic acids is 1. The molecule has 3 heterocycles. The SMILES string of the molecule is C[C@@H]1CCc2c(sc3nc([C@@H](C)OC(=O)c4c[nH]c5ccccc45)[nH]c(=O)c23)C1. The van der Waals surface area contributed by atoms with E-state index in [4.69, 9.17) is 4.74 Å². The number of ether oxygens (including phenoxy) is 1. The normalized spacial score (nSPS) is 17.4. The molecule has 0 saturated heterocycles. The average molecular weight is 407 g/mol. The van der Waals surface area contributed by atoms with E-state index in [1.54, 1.807) is 24.5 Å². The summed E-state index contributed by atoms with van der Waals surface area (Å²) in [7, 11) is 0. The van der Waals surface area contributed by atoms with Crippen LogP contribution in [0.5, 0.6) is 0 Å². The van der Waals surface area contributed by atoms with Gasteiger partial charge in [0.2, 0.25) is 0 Å². The highest BCUT2D eigenvalue weighted by molar-refractivity contribution is 7.18. The topological polar surface area (TPSA) is 87.8 Å². The fourth-order valence-corrected chi connectivity index (χ4v) is 5.47. The van der Waals surface area contributed by atoms with Crippen LogP contribution in [0.4, 0.5) is 0 Å². The first-order chi connectivity index (χ1) is 14.0. The number of thiophene rings is 1. The highest BCUT2D eigenvalue weighted by Crippen LogP contribution is 2.36. The maximum atomic E-state index is 12.8. The van der Waals surface area contributed by atoms with Crippen molar-refractivity contribution >= 4 is 38.4 Å². The Morgan fingerprint density at radius 3 is 3.03 bits per heavy atom. The predicted molar refractivity (Wildman–Crippen MR) is 114 cm³/mol. The zero-order valence-corrected chi connectivity index (χ0v) is 17.1.